The molecule has 1 atom stereocenters. The van der Waals surface area contributed by atoms with Crippen molar-refractivity contribution in [3.63, 3.8) is 0 Å². The average molecular weight is 513 g/mol. The van der Waals surface area contributed by atoms with E-state index in [2.05, 4.69) is 12.2 Å². The molecule has 4 rings (SSSR count). The molecule has 0 radical (unpaired) electrons. The molecule has 0 bridgehead atoms. The molecule has 0 aromatic heterocycles. The van der Waals surface area contributed by atoms with E-state index in [1.54, 1.807) is 29.2 Å². The van der Waals surface area contributed by atoms with Crippen molar-refractivity contribution in [2.24, 2.45) is 0 Å². The molecule has 2 aromatic carbocycles. The molecule has 184 valence electrons. The summed E-state index contributed by atoms with van der Waals surface area (Å²) in [6.45, 7) is 5.52. The van der Waals surface area contributed by atoms with Gasteiger partial charge in [-0.3, -0.25) is 15.0 Å². The van der Waals surface area contributed by atoms with Gasteiger partial charge in [-0.2, -0.15) is 0 Å². The molecule has 2 amide bonds. The maximum atomic E-state index is 12.9. The number of nitrogens with one attached hydrogen (secondary N) is 1. The molecule has 35 heavy (non-hydrogen) atoms. The van der Waals surface area contributed by atoms with Gasteiger partial charge in [0.2, 0.25) is 0 Å². The lowest BCUT2D eigenvalue weighted by Gasteiger charge is -2.18. The van der Waals surface area contributed by atoms with Crippen LogP contribution in [-0.2, 0) is 16.0 Å². The highest BCUT2D eigenvalue weighted by Crippen LogP contribution is 2.35. The lowest BCUT2D eigenvalue weighted by molar-refractivity contribution is -0.123. The first-order chi connectivity index (χ1) is 17.0. The Hall–Kier alpha value is -2.88. The van der Waals surface area contributed by atoms with Gasteiger partial charge in [0.15, 0.2) is 11.5 Å². The molecular weight excluding hydrogens is 484 g/mol. The first-order valence-corrected chi connectivity index (χ1v) is 12.9. The quantitative estimate of drug-likeness (QED) is 0.362. The van der Waals surface area contributed by atoms with Crippen molar-refractivity contribution < 1.29 is 23.8 Å². The summed E-state index contributed by atoms with van der Waals surface area (Å²) in [5.41, 5.74) is 2.57. The number of hydrogen-bond acceptors (Lipinski definition) is 7. The molecule has 0 spiro atoms. The van der Waals surface area contributed by atoms with Gasteiger partial charge in [0.25, 0.3) is 5.91 Å². The number of carbonyl (C=O) groups excluding carboxylic acids is 2. The molecule has 2 aliphatic rings. The Kier molecular flexibility index (Phi) is 8.43. The van der Waals surface area contributed by atoms with Crippen LogP contribution in [0.15, 0.2) is 47.4 Å². The predicted molar refractivity (Wildman–Crippen MR) is 142 cm³/mol. The molecule has 9 heteroatoms. The maximum absolute atomic E-state index is 12.9. The van der Waals surface area contributed by atoms with Crippen LogP contribution in [-0.4, -0.2) is 47.1 Å². The van der Waals surface area contributed by atoms with E-state index < -0.39 is 6.09 Å². The second-order valence-corrected chi connectivity index (χ2v) is 9.81. The van der Waals surface area contributed by atoms with E-state index >= 15 is 0 Å². The van der Waals surface area contributed by atoms with Crippen LogP contribution in [0.1, 0.15) is 37.8 Å². The highest BCUT2D eigenvalue weighted by atomic mass is 32.2. The third kappa shape index (κ3) is 6.42. The number of thioether (sulfide) groups is 1. The van der Waals surface area contributed by atoms with Crippen LogP contribution in [0.3, 0.4) is 0 Å². The van der Waals surface area contributed by atoms with Crippen molar-refractivity contribution in [1.29, 1.82) is 0 Å². The van der Waals surface area contributed by atoms with Gasteiger partial charge in [0.05, 0.1) is 24.2 Å². The molecule has 2 saturated heterocycles. The summed E-state index contributed by atoms with van der Waals surface area (Å²) < 4.78 is 17.4. The van der Waals surface area contributed by atoms with E-state index in [-0.39, 0.29) is 17.8 Å². The number of benzene rings is 2. The SMILES string of the molecule is CCOc1cc(/C=C2/SC(=S)N(CC3CCCO3)C2=O)ccc1OC(=O)Nc1ccc(CC)cc1. The van der Waals surface area contributed by atoms with Crippen LogP contribution in [0.25, 0.3) is 6.08 Å². The fraction of sp³-hybridized carbons (Fsp3) is 0.346. The predicted octanol–water partition coefficient (Wildman–Crippen LogP) is 5.64. The normalized spacial score (nSPS) is 18.9. The van der Waals surface area contributed by atoms with E-state index in [0.29, 0.717) is 33.8 Å². The summed E-state index contributed by atoms with van der Waals surface area (Å²) in [7, 11) is 0. The van der Waals surface area contributed by atoms with Gasteiger partial charge in [-0.1, -0.05) is 49.1 Å². The number of amides is 2. The van der Waals surface area contributed by atoms with Gasteiger partial charge in [0, 0.05) is 12.3 Å². The van der Waals surface area contributed by atoms with Crippen LogP contribution in [0.4, 0.5) is 10.5 Å². The average Bonchev–Trinajstić information content (AvgIpc) is 3.45. The maximum Gasteiger partial charge on any atom is 0.417 e. The molecule has 7 nitrogen and oxygen atoms in total. The number of nitrogens with zero attached hydrogens (tertiary/aromatic N) is 1. The van der Waals surface area contributed by atoms with Crippen LogP contribution >= 0.6 is 24.0 Å². The van der Waals surface area contributed by atoms with Gasteiger partial charge in [-0.25, -0.2) is 4.79 Å². The zero-order valence-electron chi connectivity index (χ0n) is 19.7. The fourth-order valence-corrected chi connectivity index (χ4v) is 5.11. The standard InChI is InChI=1S/C26H28N2O5S2/c1-3-17-7-10-19(11-8-17)27-25(30)33-21-12-9-18(14-22(21)31-4-2)15-23-24(29)28(26(34)35-23)16-20-6-5-13-32-20/h7-12,14-15,20H,3-6,13,16H2,1-2H3,(H,27,30)/b23-15+. The van der Waals surface area contributed by atoms with Crippen molar-refractivity contribution in [1.82, 2.24) is 4.90 Å². The molecule has 2 aliphatic heterocycles. The summed E-state index contributed by atoms with van der Waals surface area (Å²) in [5.74, 6) is 0.576. The molecule has 1 unspecified atom stereocenters. The Balaban J connectivity index is 1.45. The first-order valence-electron chi connectivity index (χ1n) is 11.7. The van der Waals surface area contributed by atoms with Crippen molar-refractivity contribution in [3.05, 3.63) is 58.5 Å². The Morgan fingerprint density at radius 2 is 2.03 bits per heavy atom. The zero-order chi connectivity index (χ0) is 24.8. The van der Waals surface area contributed by atoms with E-state index in [9.17, 15) is 9.59 Å². The molecule has 2 aromatic rings. The van der Waals surface area contributed by atoms with Gasteiger partial charge in [0.1, 0.15) is 4.32 Å². The summed E-state index contributed by atoms with van der Waals surface area (Å²) in [4.78, 5) is 27.5. The van der Waals surface area contributed by atoms with Crippen LogP contribution in [0, 0.1) is 0 Å². The smallest absolute Gasteiger partial charge is 0.417 e. The molecular formula is C26H28N2O5S2. The lowest BCUT2D eigenvalue weighted by Crippen LogP contribution is -2.35. The Bertz CT molecular complexity index is 1130. The van der Waals surface area contributed by atoms with Gasteiger partial charge >= 0.3 is 6.09 Å². The molecule has 2 fully saturated rings. The number of hydrogen-bond donors (Lipinski definition) is 1. The van der Waals surface area contributed by atoms with Gasteiger partial charge < -0.3 is 14.2 Å². The minimum atomic E-state index is -0.613. The first kappa shape index (κ1) is 25.2. The largest absolute Gasteiger partial charge is 0.490 e. The number of rotatable bonds is 8. The number of aryl methyl sites for hydroxylation is 1. The second-order valence-electron chi connectivity index (χ2n) is 8.13. The van der Waals surface area contributed by atoms with Crippen molar-refractivity contribution in [3.8, 4) is 11.5 Å². The molecule has 0 aliphatic carbocycles. The van der Waals surface area contributed by atoms with E-state index in [0.717, 1.165) is 31.4 Å². The van der Waals surface area contributed by atoms with Gasteiger partial charge in [-0.15, -0.1) is 0 Å². The van der Waals surface area contributed by atoms with Crippen LogP contribution in [0.5, 0.6) is 11.5 Å². The van der Waals surface area contributed by atoms with Crippen LogP contribution in [0.2, 0.25) is 0 Å². The lowest BCUT2D eigenvalue weighted by atomic mass is 10.1. The fourth-order valence-electron chi connectivity index (χ4n) is 3.83. The highest BCUT2D eigenvalue weighted by Gasteiger charge is 2.34. The minimum absolute atomic E-state index is 0.0357. The van der Waals surface area contributed by atoms with E-state index in [1.807, 2.05) is 31.2 Å². The number of carbonyl (C=O) groups is 2. The van der Waals surface area contributed by atoms with E-state index in [1.165, 1.54) is 17.3 Å². The van der Waals surface area contributed by atoms with Crippen molar-refractivity contribution in [2.45, 2.75) is 39.2 Å². The molecule has 0 saturated carbocycles. The topological polar surface area (TPSA) is 77.1 Å². The number of ether oxygens (including phenoxy) is 3. The molecule has 2 heterocycles. The summed E-state index contributed by atoms with van der Waals surface area (Å²) in [6, 6.07) is 12.8. The summed E-state index contributed by atoms with van der Waals surface area (Å²) >= 11 is 6.71. The number of thiocarbonyl (C=S) groups is 1. The minimum Gasteiger partial charge on any atom is -0.490 e. The summed E-state index contributed by atoms with van der Waals surface area (Å²) in [6.07, 6.45) is 4.07. The van der Waals surface area contributed by atoms with Gasteiger partial charge in [-0.05, 0) is 67.7 Å². The Morgan fingerprint density at radius 1 is 1.23 bits per heavy atom. The Labute approximate surface area is 214 Å². The highest BCUT2D eigenvalue weighted by molar-refractivity contribution is 8.26. The van der Waals surface area contributed by atoms with E-state index in [4.69, 9.17) is 26.4 Å². The van der Waals surface area contributed by atoms with Crippen molar-refractivity contribution >= 4 is 52.1 Å². The van der Waals surface area contributed by atoms with Crippen molar-refractivity contribution in [2.75, 3.05) is 25.1 Å². The second kappa shape index (κ2) is 11.7. The third-order valence-corrected chi connectivity index (χ3v) is 7.04. The third-order valence-electron chi connectivity index (χ3n) is 5.66. The number of anilines is 1. The Morgan fingerprint density at radius 3 is 2.71 bits per heavy atom. The summed E-state index contributed by atoms with van der Waals surface area (Å²) in [5, 5.41) is 2.72. The van der Waals surface area contributed by atoms with Crippen LogP contribution < -0.4 is 14.8 Å². The monoisotopic (exact) mass is 512 g/mol. The zero-order valence-corrected chi connectivity index (χ0v) is 21.4. The molecule has 1 N–H and O–H groups in total.